The second-order valence-electron chi connectivity index (χ2n) is 8.07. The molecule has 1 fully saturated rings. The highest BCUT2D eigenvalue weighted by Gasteiger charge is 2.27. The summed E-state index contributed by atoms with van der Waals surface area (Å²) in [5.41, 5.74) is 2.10. The number of aromatic nitrogens is 4. The number of carbonyl (C=O) groups excluding carboxylic acids is 1. The monoisotopic (exact) mass is 439 g/mol. The van der Waals surface area contributed by atoms with Crippen LogP contribution in [0.15, 0.2) is 36.8 Å². The summed E-state index contributed by atoms with van der Waals surface area (Å²) in [6, 6.07) is 5.00. The number of carbonyl (C=O) groups is 1. The third-order valence-electron chi connectivity index (χ3n) is 6.04. The maximum atomic E-state index is 12.5. The van der Waals surface area contributed by atoms with E-state index < -0.39 is 6.09 Å². The van der Waals surface area contributed by atoms with Gasteiger partial charge in [0.1, 0.15) is 6.10 Å². The molecule has 0 aromatic carbocycles. The Balaban J connectivity index is 1.20. The van der Waals surface area contributed by atoms with Gasteiger partial charge in [-0.3, -0.25) is 0 Å². The number of hydrogen-bond acceptors (Lipinski definition) is 7. The Hall–Kier alpha value is -3.69. The Labute approximate surface area is 184 Å². The number of piperidine rings is 1. The fourth-order valence-electron chi connectivity index (χ4n) is 4.35. The lowest BCUT2D eigenvalue weighted by molar-refractivity contribution is -0.0163. The molecule has 0 atom stereocenters. The Morgan fingerprint density at radius 1 is 1.06 bits per heavy atom. The Morgan fingerprint density at radius 3 is 2.38 bits per heavy atom. The molecule has 1 aliphatic heterocycles. The van der Waals surface area contributed by atoms with Crippen molar-refractivity contribution in [3.8, 4) is 23.3 Å². The molecule has 3 aromatic rings. The normalized spacial score (nSPS) is 16.6. The molecule has 1 amide bonds. The molecule has 0 unspecified atom stereocenters. The van der Waals surface area contributed by atoms with E-state index in [9.17, 15) is 15.0 Å². The van der Waals surface area contributed by atoms with E-state index in [1.54, 1.807) is 35.5 Å². The van der Waals surface area contributed by atoms with Gasteiger partial charge >= 0.3 is 6.09 Å². The maximum absolute atomic E-state index is 12.5. The second-order valence-corrected chi connectivity index (χ2v) is 8.07. The SMILES string of the molecule is O=C(Oc1ccc(-n2c(O)c3c(c2O)CCCC3)cn1)N1CCC(On2cccn2)CC1. The van der Waals surface area contributed by atoms with Gasteiger partial charge in [-0.2, -0.15) is 0 Å². The van der Waals surface area contributed by atoms with Gasteiger partial charge in [-0.15, -0.1) is 9.94 Å². The van der Waals surface area contributed by atoms with Crippen LogP contribution in [0.1, 0.15) is 36.8 Å². The van der Waals surface area contributed by atoms with Crippen LogP contribution in [0.3, 0.4) is 0 Å². The zero-order valence-corrected chi connectivity index (χ0v) is 17.6. The summed E-state index contributed by atoms with van der Waals surface area (Å²) in [7, 11) is 0. The van der Waals surface area contributed by atoms with Crippen molar-refractivity contribution in [2.75, 3.05) is 13.1 Å². The minimum absolute atomic E-state index is 0.0101. The summed E-state index contributed by atoms with van der Waals surface area (Å²) in [6.07, 6.45) is 9.20. The number of hydrogen-bond donors (Lipinski definition) is 2. The molecular weight excluding hydrogens is 414 g/mol. The Morgan fingerprint density at radius 2 is 1.78 bits per heavy atom. The van der Waals surface area contributed by atoms with E-state index in [2.05, 4.69) is 10.1 Å². The molecule has 0 saturated carbocycles. The molecule has 1 aliphatic carbocycles. The summed E-state index contributed by atoms with van der Waals surface area (Å²) in [5, 5.41) is 25.2. The molecule has 10 heteroatoms. The number of aromatic hydroxyl groups is 2. The van der Waals surface area contributed by atoms with E-state index in [4.69, 9.17) is 9.57 Å². The van der Waals surface area contributed by atoms with E-state index in [1.807, 2.05) is 0 Å². The number of likely N-dealkylation sites (tertiary alicyclic amines) is 1. The largest absolute Gasteiger partial charge is 0.494 e. The molecule has 1 saturated heterocycles. The number of rotatable bonds is 4. The first-order chi connectivity index (χ1) is 15.6. The van der Waals surface area contributed by atoms with Crippen molar-refractivity contribution in [3.05, 3.63) is 47.9 Å². The fourth-order valence-corrected chi connectivity index (χ4v) is 4.35. The number of fused-ring (bicyclic) bond motifs is 1. The number of ether oxygens (including phenoxy) is 1. The number of amides is 1. The van der Waals surface area contributed by atoms with E-state index >= 15 is 0 Å². The molecule has 0 bridgehead atoms. The minimum atomic E-state index is -0.468. The summed E-state index contributed by atoms with van der Waals surface area (Å²) >= 11 is 0. The van der Waals surface area contributed by atoms with Gasteiger partial charge in [-0.05, 0) is 37.8 Å². The zero-order valence-electron chi connectivity index (χ0n) is 17.6. The van der Waals surface area contributed by atoms with Crippen LogP contribution in [0.25, 0.3) is 5.69 Å². The van der Waals surface area contributed by atoms with Crippen molar-refractivity contribution in [3.63, 3.8) is 0 Å². The highest BCUT2D eigenvalue weighted by atomic mass is 16.7. The standard InChI is InChI=1S/C22H25N5O5/c28-20-17-4-1-2-5-18(17)21(29)27(20)15-6-7-19(23-14-15)31-22(30)25-12-8-16(9-13-25)32-26-11-3-10-24-26/h3,6-7,10-11,14,16,28-29H,1-2,4-5,8-9,12-13H2. The third-order valence-corrected chi connectivity index (χ3v) is 6.04. The fraction of sp³-hybridized carbons (Fsp3) is 0.409. The van der Waals surface area contributed by atoms with Gasteiger partial charge in [0.2, 0.25) is 17.6 Å². The van der Waals surface area contributed by atoms with Crippen molar-refractivity contribution < 1.29 is 24.6 Å². The van der Waals surface area contributed by atoms with Crippen LogP contribution in [0, 0.1) is 0 Å². The van der Waals surface area contributed by atoms with E-state index in [1.165, 1.54) is 15.6 Å². The summed E-state index contributed by atoms with van der Waals surface area (Å²) < 4.78 is 6.80. The molecule has 5 rings (SSSR count). The number of nitrogens with zero attached hydrogens (tertiary/aromatic N) is 5. The van der Waals surface area contributed by atoms with Gasteiger partial charge in [0.05, 0.1) is 24.3 Å². The average Bonchev–Trinajstić information content (AvgIpc) is 3.42. The van der Waals surface area contributed by atoms with Crippen molar-refractivity contribution in [2.24, 2.45) is 0 Å². The molecule has 2 aliphatic rings. The summed E-state index contributed by atoms with van der Waals surface area (Å²) in [4.78, 5) is 25.5. The van der Waals surface area contributed by atoms with Crippen molar-refractivity contribution in [1.29, 1.82) is 0 Å². The van der Waals surface area contributed by atoms with Crippen LogP contribution >= 0.6 is 0 Å². The predicted octanol–water partition coefficient (Wildman–Crippen LogP) is 2.45. The number of pyridine rings is 1. The van der Waals surface area contributed by atoms with E-state index in [0.717, 1.165) is 36.8 Å². The van der Waals surface area contributed by atoms with Crippen LogP contribution in [0.4, 0.5) is 4.79 Å². The lowest BCUT2D eigenvalue weighted by atomic mass is 9.95. The summed E-state index contributed by atoms with van der Waals surface area (Å²) in [6.45, 7) is 1.03. The van der Waals surface area contributed by atoms with Crippen molar-refractivity contribution in [1.82, 2.24) is 24.4 Å². The highest BCUT2D eigenvalue weighted by Crippen LogP contribution is 2.40. The highest BCUT2D eigenvalue weighted by molar-refractivity contribution is 5.70. The van der Waals surface area contributed by atoms with Crippen molar-refractivity contribution in [2.45, 2.75) is 44.6 Å². The first-order valence-electron chi connectivity index (χ1n) is 10.8. The molecule has 10 nitrogen and oxygen atoms in total. The summed E-state index contributed by atoms with van der Waals surface area (Å²) in [5.74, 6) is 0.248. The van der Waals surface area contributed by atoms with Crippen molar-refractivity contribution >= 4 is 6.09 Å². The van der Waals surface area contributed by atoms with Gasteiger partial charge in [-0.25, -0.2) is 14.3 Å². The molecule has 2 N–H and O–H groups in total. The van der Waals surface area contributed by atoms with E-state index in [0.29, 0.717) is 31.6 Å². The maximum Gasteiger partial charge on any atom is 0.416 e. The van der Waals surface area contributed by atoms with Crippen LogP contribution < -0.4 is 9.57 Å². The van der Waals surface area contributed by atoms with E-state index in [-0.39, 0.29) is 23.7 Å². The topological polar surface area (TPSA) is 115 Å². The molecule has 4 heterocycles. The second kappa shape index (κ2) is 8.45. The quantitative estimate of drug-likeness (QED) is 0.642. The van der Waals surface area contributed by atoms with Crippen LogP contribution in [-0.2, 0) is 12.8 Å². The Bertz CT molecular complexity index is 1060. The first kappa shape index (κ1) is 20.2. The smallest absolute Gasteiger partial charge is 0.416 e. The van der Waals surface area contributed by atoms with Crippen LogP contribution in [0.2, 0.25) is 0 Å². The first-order valence-corrected chi connectivity index (χ1v) is 10.8. The van der Waals surface area contributed by atoms with Gasteiger partial charge in [-0.1, -0.05) is 0 Å². The lowest BCUT2D eigenvalue weighted by Crippen LogP contribution is -2.44. The average molecular weight is 439 g/mol. The Kier molecular flexibility index (Phi) is 5.34. The predicted molar refractivity (Wildman–Crippen MR) is 113 cm³/mol. The molecule has 0 spiro atoms. The molecular formula is C22H25N5O5. The minimum Gasteiger partial charge on any atom is -0.494 e. The van der Waals surface area contributed by atoms with Crippen LogP contribution in [0.5, 0.6) is 17.6 Å². The molecule has 32 heavy (non-hydrogen) atoms. The molecule has 168 valence electrons. The van der Waals surface area contributed by atoms with Gasteiger partial charge < -0.3 is 24.7 Å². The van der Waals surface area contributed by atoms with Gasteiger partial charge in [0, 0.05) is 43.1 Å². The molecule has 3 aromatic heterocycles. The van der Waals surface area contributed by atoms with Crippen LogP contribution in [-0.4, -0.2) is 59.9 Å². The third kappa shape index (κ3) is 3.83. The zero-order chi connectivity index (χ0) is 22.1. The lowest BCUT2D eigenvalue weighted by Gasteiger charge is -2.30. The van der Waals surface area contributed by atoms with Gasteiger partial charge in [0.15, 0.2) is 0 Å². The van der Waals surface area contributed by atoms with Gasteiger partial charge in [0.25, 0.3) is 0 Å². The molecule has 0 radical (unpaired) electrons.